The van der Waals surface area contributed by atoms with E-state index in [9.17, 15) is 4.79 Å². The molecule has 0 atom stereocenters. The Labute approximate surface area is 125 Å². The highest BCUT2D eigenvalue weighted by molar-refractivity contribution is 5.70. The monoisotopic (exact) mass is 293 g/mol. The van der Waals surface area contributed by atoms with Gasteiger partial charge in [0.05, 0.1) is 20.1 Å². The van der Waals surface area contributed by atoms with Crippen LogP contribution in [-0.4, -0.2) is 43.3 Å². The summed E-state index contributed by atoms with van der Waals surface area (Å²) in [5.41, 5.74) is 2.12. The Morgan fingerprint density at radius 1 is 1.24 bits per heavy atom. The third-order valence-corrected chi connectivity index (χ3v) is 4.13. The lowest BCUT2D eigenvalue weighted by Crippen LogP contribution is -2.35. The third-order valence-electron chi connectivity index (χ3n) is 4.13. The van der Waals surface area contributed by atoms with Crippen molar-refractivity contribution in [3.8, 4) is 11.5 Å². The zero-order chi connectivity index (χ0) is 15.4. The van der Waals surface area contributed by atoms with Gasteiger partial charge >= 0.3 is 5.97 Å². The van der Waals surface area contributed by atoms with E-state index in [-0.39, 0.29) is 5.92 Å². The smallest absolute Gasteiger partial charge is 0.306 e. The van der Waals surface area contributed by atoms with Gasteiger partial charge in [-0.05, 0) is 50.6 Å². The normalized spacial score (nSPS) is 16.7. The van der Waals surface area contributed by atoms with E-state index in [1.807, 2.05) is 19.1 Å². The van der Waals surface area contributed by atoms with Crippen LogP contribution >= 0.6 is 0 Å². The predicted molar refractivity (Wildman–Crippen MR) is 79.9 cm³/mol. The summed E-state index contributed by atoms with van der Waals surface area (Å²) in [5, 5.41) is 9.04. The largest absolute Gasteiger partial charge is 0.496 e. The molecule has 0 unspecified atom stereocenters. The lowest BCUT2D eigenvalue weighted by molar-refractivity contribution is -0.143. The number of carboxylic acid groups (broad SMARTS) is 1. The van der Waals surface area contributed by atoms with Crippen LogP contribution < -0.4 is 9.47 Å². The van der Waals surface area contributed by atoms with Crippen LogP contribution in [0.1, 0.15) is 24.0 Å². The Balaban J connectivity index is 2.07. The van der Waals surface area contributed by atoms with Crippen LogP contribution in [0.25, 0.3) is 0 Å². The van der Waals surface area contributed by atoms with Crippen LogP contribution in [0.3, 0.4) is 0 Å². The molecule has 5 nitrogen and oxygen atoms in total. The number of hydrogen-bond donors (Lipinski definition) is 1. The van der Waals surface area contributed by atoms with E-state index in [0.717, 1.165) is 42.3 Å². The van der Waals surface area contributed by atoms with Gasteiger partial charge in [-0.15, -0.1) is 0 Å². The van der Waals surface area contributed by atoms with Crippen LogP contribution in [0.5, 0.6) is 11.5 Å². The fraction of sp³-hybridized carbons (Fsp3) is 0.562. The molecule has 1 aromatic carbocycles. The van der Waals surface area contributed by atoms with Crippen LogP contribution in [0, 0.1) is 12.8 Å². The fourth-order valence-electron chi connectivity index (χ4n) is 2.82. The van der Waals surface area contributed by atoms with Gasteiger partial charge in [-0.3, -0.25) is 9.69 Å². The van der Waals surface area contributed by atoms with Crippen molar-refractivity contribution in [1.29, 1.82) is 0 Å². The van der Waals surface area contributed by atoms with Crippen LogP contribution in [0.4, 0.5) is 0 Å². The van der Waals surface area contributed by atoms with Gasteiger partial charge in [0, 0.05) is 12.1 Å². The standard InChI is InChI=1S/C16H23NO4/c1-11-8-15(21-3)13(9-14(11)20-2)10-17-6-4-12(5-7-17)16(18)19/h8-9,12H,4-7,10H2,1-3H3,(H,18,19). The number of nitrogens with zero attached hydrogens (tertiary/aromatic N) is 1. The van der Waals surface area contributed by atoms with Crippen LogP contribution in [0.15, 0.2) is 12.1 Å². The Kier molecular flexibility index (Phi) is 5.07. The summed E-state index contributed by atoms with van der Waals surface area (Å²) in [7, 11) is 3.33. The highest BCUT2D eigenvalue weighted by Crippen LogP contribution is 2.30. The number of methoxy groups -OCH3 is 2. The highest BCUT2D eigenvalue weighted by Gasteiger charge is 2.25. The topological polar surface area (TPSA) is 59.0 Å². The van der Waals surface area contributed by atoms with E-state index in [4.69, 9.17) is 14.6 Å². The number of hydrogen-bond acceptors (Lipinski definition) is 4. The molecular formula is C16H23NO4. The molecule has 0 radical (unpaired) electrons. The number of benzene rings is 1. The minimum absolute atomic E-state index is 0.198. The molecule has 1 heterocycles. The zero-order valence-electron chi connectivity index (χ0n) is 12.9. The molecule has 1 aliphatic heterocycles. The summed E-state index contributed by atoms with van der Waals surface area (Å²) in [4.78, 5) is 13.3. The van der Waals surface area contributed by atoms with E-state index in [1.165, 1.54) is 0 Å². The molecule has 0 spiro atoms. The first kappa shape index (κ1) is 15.6. The van der Waals surface area contributed by atoms with Crippen molar-refractivity contribution in [3.05, 3.63) is 23.3 Å². The number of rotatable bonds is 5. The minimum atomic E-state index is -0.677. The highest BCUT2D eigenvalue weighted by atomic mass is 16.5. The second-order valence-corrected chi connectivity index (χ2v) is 5.52. The molecule has 0 bridgehead atoms. The first-order chi connectivity index (χ1) is 10.0. The first-order valence-corrected chi connectivity index (χ1v) is 7.21. The summed E-state index contributed by atoms with van der Waals surface area (Å²) in [6.07, 6.45) is 1.42. The number of aliphatic carboxylic acids is 1. The summed E-state index contributed by atoms with van der Waals surface area (Å²) >= 11 is 0. The van der Waals surface area contributed by atoms with Gasteiger partial charge in [-0.2, -0.15) is 0 Å². The number of carbonyl (C=O) groups is 1. The molecule has 1 N–H and O–H groups in total. The molecule has 1 aliphatic rings. The van der Waals surface area contributed by atoms with Crippen molar-refractivity contribution < 1.29 is 19.4 Å². The average Bonchev–Trinajstić information content (AvgIpc) is 2.49. The number of piperidine rings is 1. The quantitative estimate of drug-likeness (QED) is 0.902. The predicted octanol–water partition coefficient (Wildman–Crippen LogP) is 2.31. The van der Waals surface area contributed by atoms with Crippen LogP contribution in [0.2, 0.25) is 0 Å². The van der Waals surface area contributed by atoms with Crippen molar-refractivity contribution in [2.24, 2.45) is 5.92 Å². The number of likely N-dealkylation sites (tertiary alicyclic amines) is 1. The van der Waals surface area contributed by atoms with E-state index < -0.39 is 5.97 Å². The second kappa shape index (κ2) is 6.80. The number of carboxylic acids is 1. The lowest BCUT2D eigenvalue weighted by atomic mass is 9.96. The van der Waals surface area contributed by atoms with E-state index in [2.05, 4.69) is 4.90 Å². The van der Waals surface area contributed by atoms with E-state index in [1.54, 1.807) is 14.2 Å². The van der Waals surface area contributed by atoms with Gasteiger partial charge in [-0.25, -0.2) is 0 Å². The molecule has 0 aliphatic carbocycles. The zero-order valence-corrected chi connectivity index (χ0v) is 12.9. The summed E-state index contributed by atoms with van der Waals surface area (Å²) < 4.78 is 10.8. The van der Waals surface area contributed by atoms with Gasteiger partial charge in [-0.1, -0.05) is 0 Å². The molecule has 1 saturated heterocycles. The Bertz CT molecular complexity index is 507. The lowest BCUT2D eigenvalue weighted by Gasteiger charge is -2.30. The second-order valence-electron chi connectivity index (χ2n) is 5.52. The molecule has 0 amide bonds. The molecule has 116 valence electrons. The third kappa shape index (κ3) is 3.67. The van der Waals surface area contributed by atoms with Crippen molar-refractivity contribution in [3.63, 3.8) is 0 Å². The van der Waals surface area contributed by atoms with Gasteiger partial charge in [0.25, 0.3) is 0 Å². The average molecular weight is 293 g/mol. The van der Waals surface area contributed by atoms with Crippen LogP contribution in [-0.2, 0) is 11.3 Å². The van der Waals surface area contributed by atoms with Crippen molar-refractivity contribution in [2.75, 3.05) is 27.3 Å². The molecule has 0 aromatic heterocycles. The van der Waals surface area contributed by atoms with Crippen molar-refractivity contribution in [2.45, 2.75) is 26.3 Å². The molecule has 1 fully saturated rings. The van der Waals surface area contributed by atoms with Crippen molar-refractivity contribution >= 4 is 5.97 Å². The van der Waals surface area contributed by atoms with Gasteiger partial charge in [0.2, 0.25) is 0 Å². The van der Waals surface area contributed by atoms with Gasteiger partial charge in [0.1, 0.15) is 11.5 Å². The maximum absolute atomic E-state index is 11.0. The molecule has 0 saturated carbocycles. The van der Waals surface area contributed by atoms with Crippen molar-refractivity contribution in [1.82, 2.24) is 4.90 Å². The summed E-state index contributed by atoms with van der Waals surface area (Å²) in [6, 6.07) is 4.00. The Hall–Kier alpha value is -1.75. The molecule has 2 rings (SSSR count). The first-order valence-electron chi connectivity index (χ1n) is 7.21. The molecule has 1 aromatic rings. The maximum Gasteiger partial charge on any atom is 0.306 e. The maximum atomic E-state index is 11.0. The summed E-state index contributed by atoms with van der Waals surface area (Å²) in [5.74, 6) is 0.833. The molecular weight excluding hydrogens is 270 g/mol. The molecule has 5 heteroatoms. The fourth-order valence-corrected chi connectivity index (χ4v) is 2.82. The van der Waals surface area contributed by atoms with Gasteiger partial charge in [0.15, 0.2) is 0 Å². The molecule has 21 heavy (non-hydrogen) atoms. The van der Waals surface area contributed by atoms with E-state index >= 15 is 0 Å². The van der Waals surface area contributed by atoms with E-state index in [0.29, 0.717) is 12.8 Å². The van der Waals surface area contributed by atoms with Gasteiger partial charge < -0.3 is 14.6 Å². The Morgan fingerprint density at radius 2 is 1.86 bits per heavy atom. The summed E-state index contributed by atoms with van der Waals surface area (Å²) in [6.45, 7) is 4.35. The SMILES string of the molecule is COc1cc(CN2CCC(C(=O)O)CC2)c(OC)cc1C. The Morgan fingerprint density at radius 3 is 2.38 bits per heavy atom. The minimum Gasteiger partial charge on any atom is -0.496 e. The number of aryl methyl sites for hydroxylation is 1. The number of ether oxygens (including phenoxy) is 2.